The Labute approximate surface area is 124 Å². The van der Waals surface area contributed by atoms with Crippen molar-refractivity contribution in [1.29, 1.82) is 0 Å². The molecule has 0 aromatic heterocycles. The SMILES string of the molecule is CCOC1CC(O)C12CCN(CCN(CC)CC)CC2. The van der Waals surface area contributed by atoms with Gasteiger partial charge in [0.1, 0.15) is 0 Å². The van der Waals surface area contributed by atoms with Gasteiger partial charge in [-0.05, 0) is 45.9 Å². The molecular formula is C16H32N2O2. The van der Waals surface area contributed by atoms with Crippen molar-refractivity contribution in [3.63, 3.8) is 0 Å². The highest BCUT2D eigenvalue weighted by atomic mass is 16.5. The molecule has 2 rings (SSSR count). The van der Waals surface area contributed by atoms with Crippen molar-refractivity contribution in [2.45, 2.75) is 52.2 Å². The van der Waals surface area contributed by atoms with E-state index in [4.69, 9.17) is 4.74 Å². The molecule has 0 bridgehead atoms. The standard InChI is InChI=1S/C16H32N2O2/c1-4-17(5-2)11-12-18-9-7-16(8-10-18)14(19)13-15(16)20-6-3/h14-15,19H,4-13H2,1-3H3. The molecule has 4 heteroatoms. The third-order valence-corrected chi connectivity index (χ3v) is 5.52. The molecule has 1 spiro atoms. The molecule has 2 fully saturated rings. The zero-order chi connectivity index (χ0) is 14.6. The summed E-state index contributed by atoms with van der Waals surface area (Å²) < 4.78 is 5.82. The average molecular weight is 284 g/mol. The first-order valence-corrected chi connectivity index (χ1v) is 8.40. The van der Waals surface area contributed by atoms with Gasteiger partial charge in [0, 0.05) is 31.5 Å². The van der Waals surface area contributed by atoms with E-state index in [1.807, 2.05) is 0 Å². The molecule has 0 aromatic rings. The van der Waals surface area contributed by atoms with Crippen LogP contribution >= 0.6 is 0 Å². The van der Waals surface area contributed by atoms with Crippen LogP contribution < -0.4 is 0 Å². The van der Waals surface area contributed by atoms with Crippen LogP contribution in [0.1, 0.15) is 40.0 Å². The van der Waals surface area contributed by atoms with E-state index in [0.717, 1.165) is 65.1 Å². The lowest BCUT2D eigenvalue weighted by molar-refractivity contribution is -0.209. The van der Waals surface area contributed by atoms with Gasteiger partial charge in [-0.15, -0.1) is 0 Å². The maximum atomic E-state index is 10.2. The second kappa shape index (κ2) is 7.21. The normalized spacial score (nSPS) is 29.9. The summed E-state index contributed by atoms with van der Waals surface area (Å²) in [5, 5.41) is 10.2. The fourth-order valence-electron chi connectivity index (χ4n) is 3.83. The van der Waals surface area contributed by atoms with Crippen molar-refractivity contribution in [3.05, 3.63) is 0 Å². The molecular weight excluding hydrogens is 252 g/mol. The Morgan fingerprint density at radius 1 is 1.20 bits per heavy atom. The fraction of sp³-hybridized carbons (Fsp3) is 1.00. The summed E-state index contributed by atoms with van der Waals surface area (Å²) in [4.78, 5) is 5.03. The number of likely N-dealkylation sites (tertiary alicyclic amines) is 1. The van der Waals surface area contributed by atoms with Crippen LogP contribution in [0.15, 0.2) is 0 Å². The van der Waals surface area contributed by atoms with E-state index < -0.39 is 0 Å². The largest absolute Gasteiger partial charge is 0.392 e. The van der Waals surface area contributed by atoms with Crippen LogP contribution in [-0.4, -0.2) is 73.0 Å². The smallest absolute Gasteiger partial charge is 0.0681 e. The van der Waals surface area contributed by atoms with Crippen molar-refractivity contribution >= 4 is 0 Å². The summed E-state index contributed by atoms with van der Waals surface area (Å²) >= 11 is 0. The predicted octanol–water partition coefficient (Wildman–Crippen LogP) is 1.58. The van der Waals surface area contributed by atoms with Gasteiger partial charge in [-0.2, -0.15) is 0 Å². The topological polar surface area (TPSA) is 35.9 Å². The van der Waals surface area contributed by atoms with E-state index in [0.29, 0.717) is 6.10 Å². The van der Waals surface area contributed by atoms with E-state index in [9.17, 15) is 5.11 Å². The second-order valence-electron chi connectivity index (χ2n) is 6.30. The minimum absolute atomic E-state index is 0.0711. The first-order chi connectivity index (χ1) is 9.66. The Bertz CT molecular complexity index is 284. The molecule has 1 aliphatic heterocycles. The minimum Gasteiger partial charge on any atom is -0.392 e. The quantitative estimate of drug-likeness (QED) is 0.770. The number of likely N-dealkylation sites (N-methyl/N-ethyl adjacent to an activating group) is 1. The van der Waals surface area contributed by atoms with Gasteiger partial charge in [0.25, 0.3) is 0 Å². The lowest BCUT2D eigenvalue weighted by atomic mass is 9.58. The van der Waals surface area contributed by atoms with Crippen LogP contribution in [0, 0.1) is 5.41 Å². The Kier molecular flexibility index (Phi) is 5.84. The fourth-order valence-corrected chi connectivity index (χ4v) is 3.83. The summed E-state index contributed by atoms with van der Waals surface area (Å²) in [6.07, 6.45) is 3.19. The summed E-state index contributed by atoms with van der Waals surface area (Å²) in [5.41, 5.74) is 0.0711. The molecule has 1 aliphatic carbocycles. The van der Waals surface area contributed by atoms with Gasteiger partial charge in [0.2, 0.25) is 0 Å². The minimum atomic E-state index is -0.135. The van der Waals surface area contributed by atoms with E-state index in [1.54, 1.807) is 0 Å². The number of aliphatic hydroxyl groups is 1. The summed E-state index contributed by atoms with van der Waals surface area (Å²) in [7, 11) is 0. The molecule has 2 atom stereocenters. The van der Waals surface area contributed by atoms with Gasteiger partial charge in [0.05, 0.1) is 12.2 Å². The number of ether oxygens (including phenoxy) is 1. The van der Waals surface area contributed by atoms with Crippen LogP contribution in [0.2, 0.25) is 0 Å². The summed E-state index contributed by atoms with van der Waals surface area (Å²) in [6.45, 7) is 14.1. The predicted molar refractivity (Wildman–Crippen MR) is 81.9 cm³/mol. The Morgan fingerprint density at radius 3 is 2.35 bits per heavy atom. The lowest BCUT2D eigenvalue weighted by Gasteiger charge is -2.56. The van der Waals surface area contributed by atoms with Gasteiger partial charge >= 0.3 is 0 Å². The first kappa shape index (κ1) is 16.2. The molecule has 0 radical (unpaired) electrons. The number of piperidine rings is 1. The van der Waals surface area contributed by atoms with Gasteiger partial charge in [0.15, 0.2) is 0 Å². The maximum Gasteiger partial charge on any atom is 0.0681 e. The monoisotopic (exact) mass is 284 g/mol. The third-order valence-electron chi connectivity index (χ3n) is 5.52. The molecule has 4 nitrogen and oxygen atoms in total. The van der Waals surface area contributed by atoms with Crippen molar-refractivity contribution in [3.8, 4) is 0 Å². The van der Waals surface area contributed by atoms with Gasteiger partial charge in [-0.1, -0.05) is 13.8 Å². The van der Waals surface area contributed by atoms with Crippen LogP contribution in [-0.2, 0) is 4.74 Å². The van der Waals surface area contributed by atoms with E-state index in [1.165, 1.54) is 0 Å². The number of hydrogen-bond donors (Lipinski definition) is 1. The molecule has 2 unspecified atom stereocenters. The molecule has 0 aromatic carbocycles. The maximum absolute atomic E-state index is 10.2. The van der Waals surface area contributed by atoms with Crippen LogP contribution in [0.3, 0.4) is 0 Å². The van der Waals surface area contributed by atoms with E-state index >= 15 is 0 Å². The van der Waals surface area contributed by atoms with Gasteiger partial charge in [-0.3, -0.25) is 0 Å². The Hall–Kier alpha value is -0.160. The summed E-state index contributed by atoms with van der Waals surface area (Å²) in [6, 6.07) is 0. The molecule has 20 heavy (non-hydrogen) atoms. The number of aliphatic hydroxyl groups excluding tert-OH is 1. The molecule has 118 valence electrons. The first-order valence-electron chi connectivity index (χ1n) is 8.40. The van der Waals surface area contributed by atoms with Gasteiger partial charge < -0.3 is 19.6 Å². The van der Waals surface area contributed by atoms with Crippen molar-refractivity contribution in [2.75, 3.05) is 45.9 Å². The van der Waals surface area contributed by atoms with Crippen molar-refractivity contribution in [1.82, 2.24) is 9.80 Å². The zero-order valence-corrected chi connectivity index (χ0v) is 13.5. The molecule has 2 aliphatic rings. The molecule has 1 saturated heterocycles. The average Bonchev–Trinajstić information content (AvgIpc) is 2.49. The molecule has 1 heterocycles. The molecule has 1 saturated carbocycles. The number of rotatable bonds is 7. The summed E-state index contributed by atoms with van der Waals surface area (Å²) in [5.74, 6) is 0. The molecule has 0 amide bonds. The van der Waals surface area contributed by atoms with Crippen LogP contribution in [0.5, 0.6) is 0 Å². The van der Waals surface area contributed by atoms with E-state index in [-0.39, 0.29) is 11.5 Å². The lowest BCUT2D eigenvalue weighted by Crippen LogP contribution is -2.62. The molecule has 1 N–H and O–H groups in total. The van der Waals surface area contributed by atoms with Crippen LogP contribution in [0.25, 0.3) is 0 Å². The van der Waals surface area contributed by atoms with Crippen molar-refractivity contribution in [2.24, 2.45) is 5.41 Å². The van der Waals surface area contributed by atoms with Crippen molar-refractivity contribution < 1.29 is 9.84 Å². The highest BCUT2D eigenvalue weighted by Gasteiger charge is 2.55. The Morgan fingerprint density at radius 2 is 1.85 bits per heavy atom. The second-order valence-corrected chi connectivity index (χ2v) is 6.30. The number of hydrogen-bond acceptors (Lipinski definition) is 4. The highest BCUT2D eigenvalue weighted by molar-refractivity contribution is 5.06. The zero-order valence-electron chi connectivity index (χ0n) is 13.5. The Balaban J connectivity index is 1.77. The van der Waals surface area contributed by atoms with Crippen LogP contribution in [0.4, 0.5) is 0 Å². The number of nitrogens with zero attached hydrogens (tertiary/aromatic N) is 2. The highest BCUT2D eigenvalue weighted by Crippen LogP contribution is 2.50. The van der Waals surface area contributed by atoms with E-state index in [2.05, 4.69) is 30.6 Å². The van der Waals surface area contributed by atoms with Gasteiger partial charge in [-0.25, -0.2) is 0 Å². The third kappa shape index (κ3) is 3.19.